The number of halogens is 3. The number of hydrogen-bond acceptors (Lipinski definition) is 7. The molecule has 1 aromatic carbocycles. The number of benzene rings is 1. The average Bonchev–Trinajstić information content (AvgIpc) is 3.11. The van der Waals surface area contributed by atoms with Crippen molar-refractivity contribution < 1.29 is 32.2 Å². The Morgan fingerprint density at radius 2 is 2.04 bits per heavy atom. The zero-order valence-electron chi connectivity index (χ0n) is 14.4. The van der Waals surface area contributed by atoms with Crippen molar-refractivity contribution in [1.29, 1.82) is 0 Å². The normalized spacial score (nSPS) is 20.0. The molecule has 1 amide bonds. The van der Waals surface area contributed by atoms with E-state index in [2.05, 4.69) is 20.4 Å². The average molecular weight is 401 g/mol. The highest BCUT2D eigenvalue weighted by Crippen LogP contribution is 2.45. The second kappa shape index (κ2) is 6.41. The maximum Gasteiger partial charge on any atom is 0.425 e. The maximum absolute atomic E-state index is 14.0. The van der Waals surface area contributed by atoms with Gasteiger partial charge >= 0.3 is 12.1 Å². The Hall–Kier alpha value is -2.82. The molecule has 0 aliphatic carbocycles. The summed E-state index contributed by atoms with van der Waals surface area (Å²) in [5.41, 5.74) is -3.97. The van der Waals surface area contributed by atoms with Crippen molar-refractivity contribution in [2.75, 3.05) is 19.5 Å². The van der Waals surface area contributed by atoms with Crippen LogP contribution in [0, 0.1) is 0 Å². The number of methoxy groups -OCH3 is 2. The molecule has 144 valence electrons. The number of aromatic nitrogens is 1. The summed E-state index contributed by atoms with van der Waals surface area (Å²) in [4.78, 5) is 28.4. The summed E-state index contributed by atoms with van der Waals surface area (Å²) in [6.45, 7) is 1.20. The lowest BCUT2D eigenvalue weighted by Gasteiger charge is -2.31. The molecule has 7 nitrogen and oxygen atoms in total. The van der Waals surface area contributed by atoms with E-state index in [1.165, 1.54) is 14.0 Å². The Bertz CT molecular complexity index is 969. The summed E-state index contributed by atoms with van der Waals surface area (Å²) in [5, 5.41) is 4.02. The van der Waals surface area contributed by atoms with E-state index in [-0.39, 0.29) is 10.8 Å². The van der Waals surface area contributed by atoms with Crippen molar-refractivity contribution in [3.63, 3.8) is 0 Å². The maximum atomic E-state index is 14.0. The fourth-order valence-corrected chi connectivity index (χ4v) is 3.79. The highest BCUT2D eigenvalue weighted by Gasteiger charge is 2.68. The molecule has 0 spiro atoms. The van der Waals surface area contributed by atoms with Gasteiger partial charge in [-0.25, -0.2) is 9.78 Å². The van der Waals surface area contributed by atoms with Gasteiger partial charge in [-0.3, -0.25) is 4.79 Å². The summed E-state index contributed by atoms with van der Waals surface area (Å²) in [6, 6.07) is 4.79. The molecule has 2 aromatic rings. The first-order chi connectivity index (χ1) is 12.6. The second-order valence-electron chi connectivity index (χ2n) is 5.67. The number of carbonyl (C=O) groups is 2. The summed E-state index contributed by atoms with van der Waals surface area (Å²) < 4.78 is 52.2. The van der Waals surface area contributed by atoms with E-state index in [1.807, 2.05) is 0 Å². The predicted molar refractivity (Wildman–Crippen MR) is 91.4 cm³/mol. The number of thiazole rings is 1. The van der Waals surface area contributed by atoms with Gasteiger partial charge in [0.15, 0.2) is 5.13 Å². The highest BCUT2D eigenvalue weighted by atomic mass is 32.1. The van der Waals surface area contributed by atoms with Gasteiger partial charge in [0, 0.05) is 5.70 Å². The minimum Gasteiger partial charge on any atom is -0.497 e. The van der Waals surface area contributed by atoms with Crippen LogP contribution in [0.5, 0.6) is 5.75 Å². The molecule has 11 heteroatoms. The van der Waals surface area contributed by atoms with Gasteiger partial charge in [0.25, 0.3) is 5.91 Å². The fraction of sp³-hybridized carbons (Fsp3) is 0.312. The molecule has 0 radical (unpaired) electrons. The Labute approximate surface area is 155 Å². The number of esters is 1. The van der Waals surface area contributed by atoms with Crippen molar-refractivity contribution in [3.05, 3.63) is 29.5 Å². The van der Waals surface area contributed by atoms with Crippen LogP contribution in [0.4, 0.5) is 18.3 Å². The van der Waals surface area contributed by atoms with Crippen LogP contribution >= 0.6 is 11.3 Å². The zero-order chi connectivity index (χ0) is 20.0. The molecule has 1 unspecified atom stereocenters. The Kier molecular flexibility index (Phi) is 4.50. The first-order valence-electron chi connectivity index (χ1n) is 7.54. The van der Waals surface area contributed by atoms with Gasteiger partial charge in [0.2, 0.25) is 5.54 Å². The predicted octanol–water partition coefficient (Wildman–Crippen LogP) is 2.59. The Morgan fingerprint density at radius 1 is 1.33 bits per heavy atom. The summed E-state index contributed by atoms with van der Waals surface area (Å²) in [7, 11) is 2.40. The third kappa shape index (κ3) is 2.87. The van der Waals surface area contributed by atoms with Crippen LogP contribution in [-0.2, 0) is 14.3 Å². The van der Waals surface area contributed by atoms with Crippen molar-refractivity contribution in [2.45, 2.75) is 18.6 Å². The van der Waals surface area contributed by atoms with Crippen molar-refractivity contribution >= 4 is 38.6 Å². The van der Waals surface area contributed by atoms with Gasteiger partial charge in [-0.05, 0) is 25.1 Å². The van der Waals surface area contributed by atoms with Crippen LogP contribution in [-0.4, -0.2) is 42.8 Å². The van der Waals surface area contributed by atoms with E-state index >= 15 is 0 Å². The molecular formula is C16H14F3N3O4S. The van der Waals surface area contributed by atoms with Gasteiger partial charge < -0.3 is 20.1 Å². The number of carbonyl (C=O) groups excluding carboxylic acids is 2. The lowest BCUT2D eigenvalue weighted by molar-refractivity contribution is -0.178. The van der Waals surface area contributed by atoms with Crippen LogP contribution < -0.4 is 15.4 Å². The van der Waals surface area contributed by atoms with E-state index < -0.39 is 29.2 Å². The van der Waals surface area contributed by atoms with Gasteiger partial charge in [-0.2, -0.15) is 13.2 Å². The summed E-state index contributed by atoms with van der Waals surface area (Å²) in [5.74, 6) is -2.18. The number of hydrogen-bond donors (Lipinski definition) is 2. The summed E-state index contributed by atoms with van der Waals surface area (Å²) >= 11 is 0.896. The first kappa shape index (κ1) is 19.0. The second-order valence-corrected chi connectivity index (χ2v) is 6.70. The number of rotatable bonds is 4. The smallest absolute Gasteiger partial charge is 0.425 e. The molecule has 0 bridgehead atoms. The van der Waals surface area contributed by atoms with E-state index in [0.29, 0.717) is 16.0 Å². The number of ether oxygens (including phenoxy) is 2. The minimum absolute atomic E-state index is 0.179. The van der Waals surface area contributed by atoms with Crippen LogP contribution in [0.15, 0.2) is 29.5 Å². The molecule has 2 N–H and O–H groups in total. The van der Waals surface area contributed by atoms with Gasteiger partial charge in [-0.15, -0.1) is 0 Å². The van der Waals surface area contributed by atoms with E-state index in [0.717, 1.165) is 18.4 Å². The van der Waals surface area contributed by atoms with Gasteiger partial charge in [-0.1, -0.05) is 11.3 Å². The molecular weight excluding hydrogens is 387 g/mol. The van der Waals surface area contributed by atoms with Crippen molar-refractivity contribution in [2.24, 2.45) is 0 Å². The third-order valence-electron chi connectivity index (χ3n) is 4.10. The van der Waals surface area contributed by atoms with E-state index in [1.54, 1.807) is 18.2 Å². The molecule has 0 saturated heterocycles. The molecule has 0 saturated carbocycles. The number of fused-ring (bicyclic) bond motifs is 1. The standard InChI is InChI=1S/C16H14F3N3O4S/c1-7-11(12(23)26-3)15(13(24)20-7,16(17,18)19)22-14-21-9-5-4-8(25-2)6-10(9)27-14/h4-6H,1-3H3,(H,20,24)(H,21,22). The molecule has 1 aromatic heterocycles. The van der Waals surface area contributed by atoms with Crippen LogP contribution in [0.3, 0.4) is 0 Å². The molecule has 1 aliphatic heterocycles. The van der Waals surface area contributed by atoms with E-state index in [4.69, 9.17) is 4.74 Å². The van der Waals surface area contributed by atoms with Crippen molar-refractivity contribution in [1.82, 2.24) is 10.3 Å². The van der Waals surface area contributed by atoms with Crippen molar-refractivity contribution in [3.8, 4) is 5.75 Å². The number of nitrogens with one attached hydrogen (secondary N) is 2. The minimum atomic E-state index is -5.13. The molecule has 3 rings (SSSR count). The topological polar surface area (TPSA) is 89.5 Å². The third-order valence-corrected chi connectivity index (χ3v) is 5.03. The Balaban J connectivity index is 2.14. The molecule has 2 heterocycles. The number of allylic oxidation sites excluding steroid dienone is 1. The van der Waals surface area contributed by atoms with Gasteiger partial charge in [0.05, 0.1) is 24.4 Å². The monoisotopic (exact) mass is 401 g/mol. The summed E-state index contributed by atoms with van der Waals surface area (Å²) in [6.07, 6.45) is -5.13. The number of amides is 1. The van der Waals surface area contributed by atoms with E-state index in [9.17, 15) is 22.8 Å². The molecule has 0 fully saturated rings. The SMILES string of the molecule is COC(=O)C1=C(C)NC(=O)C1(Nc1nc2ccc(OC)cc2s1)C(F)(F)F. The zero-order valence-corrected chi connectivity index (χ0v) is 15.2. The largest absolute Gasteiger partial charge is 0.497 e. The molecule has 27 heavy (non-hydrogen) atoms. The van der Waals surface area contributed by atoms with Crippen LogP contribution in [0.2, 0.25) is 0 Å². The first-order valence-corrected chi connectivity index (χ1v) is 8.36. The number of alkyl halides is 3. The van der Waals surface area contributed by atoms with Crippen LogP contribution in [0.1, 0.15) is 6.92 Å². The lowest BCUT2D eigenvalue weighted by Crippen LogP contribution is -2.60. The lowest BCUT2D eigenvalue weighted by atomic mass is 9.89. The highest BCUT2D eigenvalue weighted by molar-refractivity contribution is 7.22. The molecule has 1 atom stereocenters. The van der Waals surface area contributed by atoms with Gasteiger partial charge in [0.1, 0.15) is 11.3 Å². The quantitative estimate of drug-likeness (QED) is 0.766. The fourth-order valence-electron chi connectivity index (χ4n) is 2.84. The van der Waals surface area contributed by atoms with Crippen LogP contribution in [0.25, 0.3) is 10.2 Å². The number of anilines is 1. The Morgan fingerprint density at radius 3 is 2.63 bits per heavy atom. The molecule has 1 aliphatic rings. The number of nitrogens with zero attached hydrogens (tertiary/aromatic N) is 1.